The molecule has 0 spiro atoms. The van der Waals surface area contributed by atoms with Crippen LogP contribution in [-0.4, -0.2) is 21.5 Å². The minimum Gasteiger partial charge on any atom is -0.465 e. The number of sulfonamides is 1. The summed E-state index contributed by atoms with van der Waals surface area (Å²) in [6.45, 7) is 1.80. The van der Waals surface area contributed by atoms with Crippen LogP contribution in [0.4, 0.5) is 5.69 Å². The van der Waals surface area contributed by atoms with Gasteiger partial charge in [0.15, 0.2) is 0 Å². The number of hydrogen-bond acceptors (Lipinski definition) is 4. The summed E-state index contributed by atoms with van der Waals surface area (Å²) in [6.07, 6.45) is 0. The molecule has 0 heterocycles. The molecule has 0 atom stereocenters. The Labute approximate surface area is 137 Å². The van der Waals surface area contributed by atoms with Crippen LogP contribution >= 0.6 is 15.9 Å². The fraction of sp³-hybridized carbons (Fsp3) is 0.133. The van der Waals surface area contributed by atoms with Crippen LogP contribution in [0.15, 0.2) is 51.8 Å². The number of esters is 1. The van der Waals surface area contributed by atoms with E-state index < -0.39 is 16.0 Å². The van der Waals surface area contributed by atoms with Crippen LogP contribution in [0.5, 0.6) is 0 Å². The molecule has 7 heteroatoms. The molecule has 2 aromatic rings. The van der Waals surface area contributed by atoms with E-state index in [1.165, 1.54) is 25.3 Å². The first-order valence-electron chi connectivity index (χ1n) is 6.31. The summed E-state index contributed by atoms with van der Waals surface area (Å²) in [4.78, 5) is 11.9. The quantitative estimate of drug-likeness (QED) is 0.821. The summed E-state index contributed by atoms with van der Waals surface area (Å²) in [5.74, 6) is -0.601. The molecule has 2 rings (SSSR count). The van der Waals surface area contributed by atoms with Crippen LogP contribution in [-0.2, 0) is 14.8 Å². The number of halogens is 1. The molecule has 0 aliphatic carbocycles. The molecule has 0 fully saturated rings. The number of methoxy groups -OCH3 is 1. The average Bonchev–Trinajstić information content (AvgIpc) is 2.48. The number of nitrogens with one attached hydrogen (secondary N) is 1. The predicted molar refractivity (Wildman–Crippen MR) is 87.5 cm³/mol. The lowest BCUT2D eigenvalue weighted by Gasteiger charge is -2.12. The highest BCUT2D eigenvalue weighted by molar-refractivity contribution is 9.10. The zero-order chi connectivity index (χ0) is 16.3. The Bertz CT molecular complexity index is 818. The number of ether oxygens (including phenoxy) is 1. The summed E-state index contributed by atoms with van der Waals surface area (Å²) >= 11 is 3.23. The van der Waals surface area contributed by atoms with Gasteiger partial charge in [-0.25, -0.2) is 13.2 Å². The Kier molecular flexibility index (Phi) is 4.87. The van der Waals surface area contributed by atoms with Gasteiger partial charge >= 0.3 is 5.97 Å². The summed E-state index contributed by atoms with van der Waals surface area (Å²) in [7, 11) is -2.55. The number of carbonyl (C=O) groups excluding carboxylic acids is 1. The lowest BCUT2D eigenvalue weighted by molar-refractivity contribution is 0.0602. The molecule has 0 unspecified atom stereocenters. The molecule has 1 N–H and O–H groups in total. The number of rotatable bonds is 4. The van der Waals surface area contributed by atoms with Crippen molar-refractivity contribution in [2.45, 2.75) is 11.8 Å². The van der Waals surface area contributed by atoms with Gasteiger partial charge in [-0.2, -0.15) is 0 Å². The molecule has 0 radical (unpaired) electrons. The summed E-state index contributed by atoms with van der Waals surface area (Å²) in [5.41, 5.74) is 1.17. The van der Waals surface area contributed by atoms with Gasteiger partial charge in [0.2, 0.25) is 0 Å². The van der Waals surface area contributed by atoms with Gasteiger partial charge in [0.1, 0.15) is 0 Å². The average molecular weight is 384 g/mol. The second-order valence-corrected chi connectivity index (χ2v) is 7.20. The summed E-state index contributed by atoms with van der Waals surface area (Å²) in [5, 5.41) is 0. The topological polar surface area (TPSA) is 72.5 Å². The summed E-state index contributed by atoms with van der Waals surface area (Å²) in [6, 6.07) is 11.1. The molecule has 0 aliphatic rings. The van der Waals surface area contributed by atoms with Crippen molar-refractivity contribution in [2.24, 2.45) is 0 Å². The molecular formula is C15H14BrNO4S. The Morgan fingerprint density at radius 2 is 1.91 bits per heavy atom. The van der Waals surface area contributed by atoms with Crippen molar-refractivity contribution >= 4 is 37.6 Å². The van der Waals surface area contributed by atoms with E-state index in [4.69, 9.17) is 0 Å². The maximum Gasteiger partial charge on any atom is 0.340 e. The lowest BCUT2D eigenvalue weighted by atomic mass is 10.1. The monoisotopic (exact) mass is 383 g/mol. The normalized spacial score (nSPS) is 11.0. The molecule has 0 saturated heterocycles. The molecule has 0 bridgehead atoms. The smallest absolute Gasteiger partial charge is 0.340 e. The maximum atomic E-state index is 12.4. The molecule has 116 valence electrons. The van der Waals surface area contributed by atoms with E-state index in [2.05, 4.69) is 25.4 Å². The van der Waals surface area contributed by atoms with E-state index in [0.29, 0.717) is 4.47 Å². The van der Waals surface area contributed by atoms with Gasteiger partial charge in [-0.1, -0.05) is 33.6 Å². The van der Waals surface area contributed by atoms with Crippen molar-refractivity contribution < 1.29 is 17.9 Å². The van der Waals surface area contributed by atoms with Crippen molar-refractivity contribution in [1.29, 1.82) is 0 Å². The van der Waals surface area contributed by atoms with E-state index in [1.807, 2.05) is 0 Å². The van der Waals surface area contributed by atoms with Crippen LogP contribution < -0.4 is 4.72 Å². The van der Waals surface area contributed by atoms with Crippen LogP contribution in [0, 0.1) is 6.92 Å². The third-order valence-electron chi connectivity index (χ3n) is 2.93. The highest BCUT2D eigenvalue weighted by Crippen LogP contribution is 2.23. The van der Waals surface area contributed by atoms with Crippen molar-refractivity contribution in [3.05, 3.63) is 58.1 Å². The van der Waals surface area contributed by atoms with Crippen molar-refractivity contribution in [1.82, 2.24) is 0 Å². The molecule has 0 aromatic heterocycles. The van der Waals surface area contributed by atoms with Gasteiger partial charge < -0.3 is 4.74 Å². The van der Waals surface area contributed by atoms with Crippen molar-refractivity contribution in [3.63, 3.8) is 0 Å². The van der Waals surface area contributed by atoms with Gasteiger partial charge in [0.25, 0.3) is 10.0 Å². The zero-order valence-electron chi connectivity index (χ0n) is 12.0. The first-order chi connectivity index (χ1) is 10.3. The van der Waals surface area contributed by atoms with Gasteiger partial charge in [0.05, 0.1) is 23.3 Å². The minimum absolute atomic E-state index is 0.0956. The molecule has 2 aromatic carbocycles. The number of anilines is 1. The van der Waals surface area contributed by atoms with Gasteiger partial charge in [-0.3, -0.25) is 4.72 Å². The molecule has 0 saturated carbocycles. The highest BCUT2D eigenvalue weighted by atomic mass is 79.9. The van der Waals surface area contributed by atoms with E-state index in [1.54, 1.807) is 31.2 Å². The molecule has 0 amide bonds. The van der Waals surface area contributed by atoms with Crippen LogP contribution in [0.3, 0.4) is 0 Å². The van der Waals surface area contributed by atoms with E-state index >= 15 is 0 Å². The first kappa shape index (κ1) is 16.5. The molecular weight excluding hydrogens is 370 g/mol. The van der Waals surface area contributed by atoms with E-state index in [0.717, 1.165) is 5.56 Å². The van der Waals surface area contributed by atoms with Crippen LogP contribution in [0.1, 0.15) is 15.9 Å². The van der Waals surface area contributed by atoms with Gasteiger partial charge in [0, 0.05) is 4.47 Å². The van der Waals surface area contributed by atoms with Crippen molar-refractivity contribution in [3.8, 4) is 0 Å². The van der Waals surface area contributed by atoms with Gasteiger partial charge in [-0.05, 0) is 37.3 Å². The maximum absolute atomic E-state index is 12.4. The van der Waals surface area contributed by atoms with Gasteiger partial charge in [-0.15, -0.1) is 0 Å². The first-order valence-corrected chi connectivity index (χ1v) is 8.58. The molecule has 5 nitrogen and oxygen atoms in total. The second kappa shape index (κ2) is 6.50. The number of carbonyl (C=O) groups is 1. The van der Waals surface area contributed by atoms with Crippen molar-refractivity contribution in [2.75, 3.05) is 11.8 Å². The predicted octanol–water partition coefficient (Wildman–Crippen LogP) is 3.34. The third kappa shape index (κ3) is 3.66. The van der Waals surface area contributed by atoms with Crippen LogP contribution in [0.25, 0.3) is 0 Å². The molecule has 0 aliphatic heterocycles. The SMILES string of the molecule is COC(=O)c1cc(C)ccc1NS(=O)(=O)c1cccc(Br)c1. The molecule has 22 heavy (non-hydrogen) atoms. The Balaban J connectivity index is 2.44. The number of hydrogen-bond donors (Lipinski definition) is 1. The lowest BCUT2D eigenvalue weighted by Crippen LogP contribution is -2.16. The number of aryl methyl sites for hydroxylation is 1. The number of benzene rings is 2. The standard InChI is InChI=1S/C15H14BrNO4S/c1-10-6-7-14(13(8-10)15(18)21-2)17-22(19,20)12-5-3-4-11(16)9-12/h3-9,17H,1-2H3. The fourth-order valence-electron chi connectivity index (χ4n) is 1.86. The fourth-order valence-corrected chi connectivity index (χ4v) is 3.54. The zero-order valence-corrected chi connectivity index (χ0v) is 14.4. The van der Waals surface area contributed by atoms with E-state index in [-0.39, 0.29) is 16.1 Å². The Morgan fingerprint density at radius 1 is 1.18 bits per heavy atom. The van der Waals surface area contributed by atoms with E-state index in [9.17, 15) is 13.2 Å². The Hall–Kier alpha value is -1.86. The third-order valence-corrected chi connectivity index (χ3v) is 4.79. The van der Waals surface area contributed by atoms with Crippen LogP contribution in [0.2, 0.25) is 0 Å². The second-order valence-electron chi connectivity index (χ2n) is 4.60. The minimum atomic E-state index is -3.80. The largest absolute Gasteiger partial charge is 0.465 e. The Morgan fingerprint density at radius 3 is 2.55 bits per heavy atom. The highest BCUT2D eigenvalue weighted by Gasteiger charge is 2.19. The summed E-state index contributed by atoms with van der Waals surface area (Å²) < 4.78 is 32.6.